The highest BCUT2D eigenvalue weighted by Gasteiger charge is 2.65. The maximum atomic E-state index is 14.2. The van der Waals surface area contributed by atoms with Gasteiger partial charge in [-0.05, 0) is 37.3 Å². The van der Waals surface area contributed by atoms with Gasteiger partial charge in [0, 0.05) is 31.6 Å². The van der Waals surface area contributed by atoms with Crippen LogP contribution in [0.4, 0.5) is 4.79 Å². The molecule has 1 saturated carbocycles. The van der Waals surface area contributed by atoms with E-state index in [0.29, 0.717) is 30.4 Å². The summed E-state index contributed by atoms with van der Waals surface area (Å²) < 4.78 is 0. The zero-order valence-electron chi connectivity index (χ0n) is 23.0. The number of carbonyl (C=O) groups is 5. The topological polar surface area (TPSA) is 116 Å². The maximum absolute atomic E-state index is 14.2. The van der Waals surface area contributed by atoms with Crippen molar-refractivity contribution < 1.29 is 24.0 Å². The Morgan fingerprint density at radius 2 is 1.48 bits per heavy atom. The van der Waals surface area contributed by atoms with Gasteiger partial charge in [-0.25, -0.2) is 9.69 Å². The first-order valence-electron chi connectivity index (χ1n) is 13.7. The molecular weight excluding hydrogens is 508 g/mol. The molecule has 0 aromatic heterocycles. The van der Waals surface area contributed by atoms with Crippen LogP contribution in [-0.4, -0.2) is 52.0 Å². The lowest BCUT2D eigenvalue weighted by atomic mass is 9.59. The van der Waals surface area contributed by atoms with Crippen molar-refractivity contribution in [1.82, 2.24) is 20.4 Å². The molecular formula is C31H34N4O5. The van der Waals surface area contributed by atoms with Crippen molar-refractivity contribution in [2.75, 3.05) is 7.05 Å². The third-order valence-corrected chi connectivity index (χ3v) is 8.67. The summed E-state index contributed by atoms with van der Waals surface area (Å²) in [6, 6.07) is 17.9. The zero-order chi connectivity index (χ0) is 28.6. The number of hydrogen-bond acceptors (Lipinski definition) is 5. The molecule has 0 bridgehead atoms. The molecule has 2 aliphatic heterocycles. The number of hydrogen-bond donors (Lipinski definition) is 2. The molecule has 3 aliphatic rings. The van der Waals surface area contributed by atoms with Crippen molar-refractivity contribution in [3.05, 3.63) is 82.9 Å². The fraction of sp³-hybridized carbons (Fsp3) is 0.387. The smallest absolute Gasteiger partial charge is 0.325 e. The molecule has 9 heteroatoms. The summed E-state index contributed by atoms with van der Waals surface area (Å²) in [7, 11) is 1.46. The number of nitrogens with zero attached hydrogens (tertiary/aromatic N) is 2. The molecule has 6 amide bonds. The van der Waals surface area contributed by atoms with Crippen LogP contribution in [0.1, 0.15) is 44.2 Å². The molecule has 9 nitrogen and oxygen atoms in total. The second kappa shape index (κ2) is 10.7. The Morgan fingerprint density at radius 3 is 2.05 bits per heavy atom. The summed E-state index contributed by atoms with van der Waals surface area (Å²) in [6.07, 6.45) is 1.17. The largest absolute Gasteiger partial charge is 0.350 e. The highest BCUT2D eigenvalue weighted by Crippen LogP contribution is 2.53. The second-order valence-corrected chi connectivity index (χ2v) is 10.8. The van der Waals surface area contributed by atoms with E-state index >= 15 is 0 Å². The predicted octanol–water partition coefficient (Wildman–Crippen LogP) is 3.16. The molecule has 0 spiro atoms. The summed E-state index contributed by atoms with van der Waals surface area (Å²) in [5, 5.41) is 5.74. The number of benzene rings is 2. The lowest BCUT2D eigenvalue weighted by Crippen LogP contribution is -2.71. The molecule has 5 rings (SSSR count). The number of rotatable bonds is 6. The molecule has 4 atom stereocenters. The molecule has 208 valence electrons. The monoisotopic (exact) mass is 542 g/mol. The SMILES string of the molecule is CCC1=C2CC[C@H]3C(=O)N(C)C(=O)[C@H]3[C@H]2[C@@](C)(C(=O)NCc2ccccc2)N(C(=O)NCc2ccccc2)C1=O. The summed E-state index contributed by atoms with van der Waals surface area (Å²) >= 11 is 0. The Bertz CT molecular complexity index is 1390. The number of imide groups is 2. The van der Waals surface area contributed by atoms with Crippen molar-refractivity contribution in [3.63, 3.8) is 0 Å². The van der Waals surface area contributed by atoms with Crippen LogP contribution in [0.25, 0.3) is 0 Å². The van der Waals surface area contributed by atoms with Gasteiger partial charge in [-0.1, -0.05) is 73.2 Å². The Morgan fingerprint density at radius 1 is 0.900 bits per heavy atom. The fourth-order valence-corrected chi connectivity index (χ4v) is 6.65. The molecule has 1 saturated heterocycles. The van der Waals surface area contributed by atoms with E-state index in [1.165, 1.54) is 7.05 Å². The number of urea groups is 1. The molecule has 2 aromatic carbocycles. The molecule has 2 heterocycles. The molecule has 0 radical (unpaired) electrons. The van der Waals surface area contributed by atoms with Gasteiger partial charge in [0.15, 0.2) is 0 Å². The van der Waals surface area contributed by atoms with Crippen molar-refractivity contribution in [1.29, 1.82) is 0 Å². The van der Waals surface area contributed by atoms with Gasteiger partial charge in [-0.15, -0.1) is 0 Å². The average Bonchev–Trinajstić information content (AvgIpc) is 3.19. The third kappa shape index (κ3) is 4.39. The van der Waals surface area contributed by atoms with E-state index in [-0.39, 0.29) is 24.9 Å². The zero-order valence-corrected chi connectivity index (χ0v) is 23.0. The van der Waals surface area contributed by atoms with Crippen molar-refractivity contribution in [2.24, 2.45) is 17.8 Å². The van der Waals surface area contributed by atoms with Gasteiger partial charge >= 0.3 is 6.03 Å². The van der Waals surface area contributed by atoms with Gasteiger partial charge in [-0.2, -0.15) is 0 Å². The quantitative estimate of drug-likeness (QED) is 0.544. The number of carbonyl (C=O) groups excluding carboxylic acids is 5. The first-order valence-corrected chi connectivity index (χ1v) is 13.7. The van der Waals surface area contributed by atoms with E-state index in [1.54, 1.807) is 6.92 Å². The average molecular weight is 543 g/mol. The van der Waals surface area contributed by atoms with Crippen molar-refractivity contribution in [2.45, 2.75) is 51.7 Å². The van der Waals surface area contributed by atoms with E-state index in [0.717, 1.165) is 20.9 Å². The first kappa shape index (κ1) is 27.3. The van der Waals surface area contributed by atoms with Crippen molar-refractivity contribution >= 4 is 29.7 Å². The Labute approximate surface area is 233 Å². The molecule has 2 N–H and O–H groups in total. The Kier molecular flexibility index (Phi) is 7.31. The third-order valence-electron chi connectivity index (χ3n) is 8.67. The minimum Gasteiger partial charge on any atom is -0.350 e. The summed E-state index contributed by atoms with van der Waals surface area (Å²) in [6.45, 7) is 3.72. The maximum Gasteiger partial charge on any atom is 0.325 e. The Hall–Kier alpha value is -4.27. The standard InChI is InChI=1S/C31H34N4O5/c1-4-21-22-15-16-23-24(28(38)34(3)26(23)36)25(22)31(2,29(39)32-17-19-11-7-5-8-12-19)35(27(21)37)30(40)33-18-20-13-9-6-10-14-20/h5-14,23-25H,4,15-18H2,1-3H3,(H,32,39)(H,33,40)/t23-,24-,25+,31+/m1/s1. The van der Waals surface area contributed by atoms with Gasteiger partial charge < -0.3 is 10.6 Å². The van der Waals surface area contributed by atoms with Crippen LogP contribution in [0.15, 0.2) is 71.8 Å². The van der Waals surface area contributed by atoms with Gasteiger partial charge in [0.25, 0.3) is 5.91 Å². The number of nitrogens with one attached hydrogen (secondary N) is 2. The Balaban J connectivity index is 1.59. The van der Waals surface area contributed by atoms with E-state index in [1.807, 2.05) is 67.6 Å². The first-order chi connectivity index (χ1) is 19.2. The van der Waals surface area contributed by atoms with Crippen LogP contribution < -0.4 is 10.6 Å². The minimum absolute atomic E-state index is 0.153. The van der Waals surface area contributed by atoms with Crippen LogP contribution in [0.5, 0.6) is 0 Å². The van der Waals surface area contributed by atoms with E-state index in [4.69, 9.17) is 0 Å². The van der Waals surface area contributed by atoms with Crippen LogP contribution in [-0.2, 0) is 32.3 Å². The number of amides is 6. The normalized spacial score (nSPS) is 26.0. The van der Waals surface area contributed by atoms with Gasteiger partial charge in [-0.3, -0.25) is 24.1 Å². The van der Waals surface area contributed by atoms with Gasteiger partial charge in [0.05, 0.1) is 11.8 Å². The lowest BCUT2D eigenvalue weighted by Gasteiger charge is -2.52. The molecule has 40 heavy (non-hydrogen) atoms. The van der Waals surface area contributed by atoms with E-state index in [2.05, 4.69) is 10.6 Å². The second-order valence-electron chi connectivity index (χ2n) is 10.8. The highest BCUT2D eigenvalue weighted by molar-refractivity contribution is 6.12. The predicted molar refractivity (Wildman–Crippen MR) is 147 cm³/mol. The summed E-state index contributed by atoms with van der Waals surface area (Å²) in [5.41, 5.74) is 1.07. The highest BCUT2D eigenvalue weighted by atomic mass is 16.2. The molecule has 0 unspecified atom stereocenters. The number of likely N-dealkylation sites (tertiary alicyclic amines) is 1. The van der Waals surface area contributed by atoms with Crippen LogP contribution in [0.2, 0.25) is 0 Å². The van der Waals surface area contributed by atoms with Gasteiger partial charge in [0.2, 0.25) is 17.7 Å². The van der Waals surface area contributed by atoms with Crippen LogP contribution in [0, 0.1) is 17.8 Å². The lowest BCUT2D eigenvalue weighted by molar-refractivity contribution is -0.150. The van der Waals surface area contributed by atoms with Gasteiger partial charge in [0.1, 0.15) is 5.54 Å². The van der Waals surface area contributed by atoms with E-state index < -0.39 is 41.1 Å². The van der Waals surface area contributed by atoms with Crippen molar-refractivity contribution in [3.8, 4) is 0 Å². The fourth-order valence-electron chi connectivity index (χ4n) is 6.65. The summed E-state index contributed by atoms with van der Waals surface area (Å²) in [4.78, 5) is 70.8. The summed E-state index contributed by atoms with van der Waals surface area (Å²) in [5.74, 6) is -4.02. The number of fused-ring (bicyclic) bond motifs is 3. The van der Waals surface area contributed by atoms with E-state index in [9.17, 15) is 24.0 Å². The molecule has 2 aromatic rings. The minimum atomic E-state index is -1.74. The van der Waals surface area contributed by atoms with Crippen LogP contribution in [0.3, 0.4) is 0 Å². The molecule has 2 fully saturated rings. The molecule has 1 aliphatic carbocycles. The van der Waals surface area contributed by atoms with Crippen LogP contribution >= 0.6 is 0 Å².